The van der Waals surface area contributed by atoms with E-state index in [9.17, 15) is 9.59 Å². The van der Waals surface area contributed by atoms with Gasteiger partial charge in [0.25, 0.3) is 0 Å². The Morgan fingerprint density at radius 2 is 1.96 bits per heavy atom. The third kappa shape index (κ3) is 3.05. The standard InChI is InChI=1S/C18H24N2O4/c1-3-24-14-8-9-15-16(10-14)20(18(23)19(15)2)11-12-4-6-13(7-5-12)17(21)22/h8-10,12-13H,3-7,11H2,1-2H3,(H,21,22). The minimum Gasteiger partial charge on any atom is -0.494 e. The van der Waals surface area contributed by atoms with Gasteiger partial charge >= 0.3 is 11.7 Å². The van der Waals surface area contributed by atoms with Crippen molar-refractivity contribution in [1.29, 1.82) is 0 Å². The lowest BCUT2D eigenvalue weighted by atomic mass is 9.82. The number of nitrogens with zero attached hydrogens (tertiary/aromatic N) is 2. The molecule has 0 saturated heterocycles. The van der Waals surface area contributed by atoms with E-state index in [1.165, 1.54) is 0 Å². The summed E-state index contributed by atoms with van der Waals surface area (Å²) in [5.74, 6) is 0.186. The number of aromatic nitrogens is 2. The fourth-order valence-corrected chi connectivity index (χ4v) is 3.67. The van der Waals surface area contributed by atoms with Gasteiger partial charge in [0.05, 0.1) is 23.6 Å². The first-order valence-corrected chi connectivity index (χ1v) is 8.56. The molecule has 0 atom stereocenters. The lowest BCUT2D eigenvalue weighted by Gasteiger charge is -2.26. The van der Waals surface area contributed by atoms with E-state index in [2.05, 4.69) is 0 Å². The number of benzene rings is 1. The molecule has 24 heavy (non-hydrogen) atoms. The Labute approximate surface area is 140 Å². The predicted molar refractivity (Wildman–Crippen MR) is 91.4 cm³/mol. The van der Waals surface area contributed by atoms with Crippen LogP contribution in [0.2, 0.25) is 0 Å². The molecule has 1 aromatic heterocycles. The molecule has 0 amide bonds. The van der Waals surface area contributed by atoms with Crippen molar-refractivity contribution in [3.63, 3.8) is 0 Å². The molecule has 0 unspecified atom stereocenters. The van der Waals surface area contributed by atoms with Gasteiger partial charge in [-0.15, -0.1) is 0 Å². The molecule has 1 saturated carbocycles. The van der Waals surface area contributed by atoms with Crippen LogP contribution in [0.15, 0.2) is 23.0 Å². The Balaban J connectivity index is 1.86. The van der Waals surface area contributed by atoms with Crippen LogP contribution in [0.5, 0.6) is 5.75 Å². The van der Waals surface area contributed by atoms with E-state index >= 15 is 0 Å². The molecule has 1 fully saturated rings. The van der Waals surface area contributed by atoms with Gasteiger partial charge in [-0.05, 0) is 50.7 Å². The predicted octanol–water partition coefficient (Wildman–Crippen LogP) is 2.63. The molecule has 6 nitrogen and oxygen atoms in total. The molecule has 130 valence electrons. The Morgan fingerprint density at radius 3 is 2.58 bits per heavy atom. The number of fused-ring (bicyclic) bond motifs is 1. The Hall–Kier alpha value is -2.24. The van der Waals surface area contributed by atoms with E-state index in [0.29, 0.717) is 31.9 Å². The van der Waals surface area contributed by atoms with Gasteiger partial charge in [-0.25, -0.2) is 4.79 Å². The van der Waals surface area contributed by atoms with Gasteiger partial charge < -0.3 is 9.84 Å². The maximum Gasteiger partial charge on any atom is 0.328 e. The summed E-state index contributed by atoms with van der Waals surface area (Å²) in [7, 11) is 1.78. The van der Waals surface area contributed by atoms with Crippen LogP contribution in [0.1, 0.15) is 32.6 Å². The molecular formula is C18H24N2O4. The van der Waals surface area contributed by atoms with Gasteiger partial charge in [-0.3, -0.25) is 13.9 Å². The Kier molecular flexibility index (Phi) is 4.64. The average Bonchev–Trinajstić information content (AvgIpc) is 2.80. The summed E-state index contributed by atoms with van der Waals surface area (Å²) in [6.07, 6.45) is 3.10. The number of carbonyl (C=O) groups is 1. The third-order valence-electron chi connectivity index (χ3n) is 5.06. The summed E-state index contributed by atoms with van der Waals surface area (Å²) < 4.78 is 9.03. The summed E-state index contributed by atoms with van der Waals surface area (Å²) in [6, 6.07) is 5.72. The molecule has 0 radical (unpaired) electrons. The van der Waals surface area contributed by atoms with E-state index in [1.54, 1.807) is 11.6 Å². The zero-order valence-electron chi connectivity index (χ0n) is 14.2. The van der Waals surface area contributed by atoms with Gasteiger partial charge in [0, 0.05) is 19.7 Å². The van der Waals surface area contributed by atoms with Gasteiger partial charge in [-0.1, -0.05) is 0 Å². The maximum atomic E-state index is 12.6. The summed E-state index contributed by atoms with van der Waals surface area (Å²) in [5, 5.41) is 9.11. The molecule has 6 heteroatoms. The van der Waals surface area contributed by atoms with Crippen LogP contribution in [-0.2, 0) is 18.4 Å². The highest BCUT2D eigenvalue weighted by Crippen LogP contribution is 2.31. The zero-order chi connectivity index (χ0) is 17.3. The Morgan fingerprint density at radius 1 is 1.25 bits per heavy atom. The topological polar surface area (TPSA) is 73.5 Å². The van der Waals surface area contributed by atoms with Crippen LogP contribution in [0, 0.1) is 11.8 Å². The molecule has 1 aliphatic rings. The highest BCUT2D eigenvalue weighted by molar-refractivity contribution is 5.77. The SMILES string of the molecule is CCOc1ccc2c(c1)n(CC1CCC(C(=O)O)CC1)c(=O)n2C. The van der Waals surface area contributed by atoms with Gasteiger partial charge in [0.1, 0.15) is 5.75 Å². The number of hydrogen-bond donors (Lipinski definition) is 1. The fourth-order valence-electron chi connectivity index (χ4n) is 3.67. The highest BCUT2D eigenvalue weighted by atomic mass is 16.5. The van der Waals surface area contributed by atoms with E-state index < -0.39 is 5.97 Å². The van der Waals surface area contributed by atoms with Crippen LogP contribution in [-0.4, -0.2) is 26.8 Å². The zero-order valence-corrected chi connectivity index (χ0v) is 14.2. The molecule has 0 bridgehead atoms. The fraction of sp³-hybridized carbons (Fsp3) is 0.556. The first kappa shape index (κ1) is 16.6. The van der Waals surface area contributed by atoms with Crippen molar-refractivity contribution in [2.24, 2.45) is 18.9 Å². The second-order valence-corrected chi connectivity index (χ2v) is 6.59. The molecule has 0 aliphatic heterocycles. The molecule has 1 heterocycles. The van der Waals surface area contributed by atoms with Crippen LogP contribution >= 0.6 is 0 Å². The quantitative estimate of drug-likeness (QED) is 0.913. The number of aliphatic carboxylic acids is 1. The smallest absolute Gasteiger partial charge is 0.328 e. The summed E-state index contributed by atoms with van der Waals surface area (Å²) in [5.41, 5.74) is 1.75. The van der Waals surface area contributed by atoms with E-state index in [4.69, 9.17) is 9.84 Å². The average molecular weight is 332 g/mol. The number of carboxylic acids is 1. The number of aryl methyl sites for hydroxylation is 1. The number of carboxylic acid groups (broad SMARTS) is 1. The number of ether oxygens (including phenoxy) is 1. The van der Waals surface area contributed by atoms with Crippen molar-refractivity contribution in [3.05, 3.63) is 28.7 Å². The van der Waals surface area contributed by atoms with Crippen LogP contribution in [0.25, 0.3) is 11.0 Å². The lowest BCUT2D eigenvalue weighted by Crippen LogP contribution is -2.28. The van der Waals surface area contributed by atoms with Crippen LogP contribution in [0.3, 0.4) is 0 Å². The summed E-state index contributed by atoms with van der Waals surface area (Å²) >= 11 is 0. The second-order valence-electron chi connectivity index (χ2n) is 6.59. The summed E-state index contributed by atoms with van der Waals surface area (Å²) in [4.78, 5) is 23.7. The monoisotopic (exact) mass is 332 g/mol. The molecule has 2 aromatic rings. The highest BCUT2D eigenvalue weighted by Gasteiger charge is 2.27. The molecule has 0 spiro atoms. The van der Waals surface area contributed by atoms with Crippen LogP contribution in [0.4, 0.5) is 0 Å². The van der Waals surface area contributed by atoms with Crippen molar-refractivity contribution in [2.45, 2.75) is 39.2 Å². The molecule has 3 rings (SSSR count). The molecule has 1 N–H and O–H groups in total. The summed E-state index contributed by atoms with van der Waals surface area (Å²) in [6.45, 7) is 3.16. The van der Waals surface area contributed by atoms with Gasteiger partial charge in [0.2, 0.25) is 0 Å². The minimum absolute atomic E-state index is 0.0287. The lowest BCUT2D eigenvalue weighted by molar-refractivity contribution is -0.143. The number of hydrogen-bond acceptors (Lipinski definition) is 3. The molecular weight excluding hydrogens is 308 g/mol. The van der Waals surface area contributed by atoms with E-state index in [0.717, 1.165) is 29.6 Å². The normalized spacial score (nSPS) is 21.1. The third-order valence-corrected chi connectivity index (χ3v) is 5.06. The van der Waals surface area contributed by atoms with Crippen LogP contribution < -0.4 is 10.4 Å². The number of rotatable bonds is 5. The minimum atomic E-state index is -0.697. The van der Waals surface area contributed by atoms with E-state index in [-0.39, 0.29) is 11.6 Å². The van der Waals surface area contributed by atoms with Crippen molar-refractivity contribution in [3.8, 4) is 5.75 Å². The largest absolute Gasteiger partial charge is 0.494 e. The first-order chi connectivity index (χ1) is 11.5. The van der Waals surface area contributed by atoms with Gasteiger partial charge in [0.15, 0.2) is 0 Å². The van der Waals surface area contributed by atoms with Gasteiger partial charge in [-0.2, -0.15) is 0 Å². The Bertz CT molecular complexity index is 797. The second kappa shape index (κ2) is 6.71. The molecule has 1 aliphatic carbocycles. The van der Waals surface area contributed by atoms with Crippen molar-refractivity contribution >= 4 is 17.0 Å². The van der Waals surface area contributed by atoms with E-state index in [1.807, 2.05) is 29.7 Å². The molecule has 1 aromatic carbocycles. The maximum absolute atomic E-state index is 12.6. The van der Waals surface area contributed by atoms with Crippen molar-refractivity contribution < 1.29 is 14.6 Å². The first-order valence-electron chi connectivity index (χ1n) is 8.56. The van der Waals surface area contributed by atoms with Crippen molar-refractivity contribution in [1.82, 2.24) is 9.13 Å². The van der Waals surface area contributed by atoms with Crippen molar-refractivity contribution in [2.75, 3.05) is 6.61 Å². The number of imidazole rings is 1.